The number of hydrogen-bond donors (Lipinski definition) is 3. The normalized spacial score (nSPS) is 13.7. The van der Waals surface area contributed by atoms with Crippen molar-refractivity contribution in [1.29, 1.82) is 0 Å². The van der Waals surface area contributed by atoms with Gasteiger partial charge in [-0.2, -0.15) is 0 Å². The van der Waals surface area contributed by atoms with E-state index in [1.165, 1.54) is 18.2 Å². The third-order valence-electron chi connectivity index (χ3n) is 5.21. The lowest BCUT2D eigenvalue weighted by molar-refractivity contribution is -0.115. The highest BCUT2D eigenvalue weighted by molar-refractivity contribution is 6.24. The zero-order chi connectivity index (χ0) is 23.2. The van der Waals surface area contributed by atoms with Gasteiger partial charge in [0.25, 0.3) is 5.91 Å². The number of hydrogen-bond acceptors (Lipinski definition) is 3. The van der Waals surface area contributed by atoms with E-state index in [1.807, 2.05) is 24.3 Å². The number of nitrogens with two attached hydrogens (primary N) is 1. The van der Waals surface area contributed by atoms with E-state index in [2.05, 4.69) is 10.6 Å². The van der Waals surface area contributed by atoms with Crippen LogP contribution in [-0.2, 0) is 9.59 Å². The number of nitrogens with one attached hydrogen (secondary N) is 2. The van der Waals surface area contributed by atoms with Gasteiger partial charge in [0.1, 0.15) is 5.82 Å². The molecule has 3 aromatic rings. The van der Waals surface area contributed by atoms with Crippen molar-refractivity contribution in [1.82, 2.24) is 5.32 Å². The summed E-state index contributed by atoms with van der Waals surface area (Å²) in [5.41, 5.74) is 9.67. The molecule has 0 spiro atoms. The molecule has 0 saturated heterocycles. The summed E-state index contributed by atoms with van der Waals surface area (Å²) in [6.07, 6.45) is 6.87. The van der Waals surface area contributed by atoms with E-state index >= 15 is 0 Å². The number of benzene rings is 3. The van der Waals surface area contributed by atoms with Crippen molar-refractivity contribution in [2.75, 3.05) is 11.1 Å². The zero-order valence-corrected chi connectivity index (χ0v) is 17.9. The van der Waals surface area contributed by atoms with Crippen LogP contribution >= 0.6 is 0 Å². The molecule has 5 nitrogen and oxygen atoms in total. The molecule has 3 aromatic carbocycles. The van der Waals surface area contributed by atoms with Crippen molar-refractivity contribution in [3.63, 3.8) is 0 Å². The number of halogens is 1. The lowest BCUT2D eigenvalue weighted by Gasteiger charge is -2.09. The van der Waals surface area contributed by atoms with Gasteiger partial charge in [0, 0.05) is 17.7 Å². The largest absolute Gasteiger partial charge is 0.397 e. The van der Waals surface area contributed by atoms with Crippen LogP contribution in [0.1, 0.15) is 29.5 Å². The van der Waals surface area contributed by atoms with Crippen LogP contribution in [-0.4, -0.2) is 17.9 Å². The van der Waals surface area contributed by atoms with Crippen LogP contribution in [0.4, 0.5) is 15.8 Å². The van der Waals surface area contributed by atoms with Gasteiger partial charge in [0.05, 0.1) is 11.4 Å². The highest BCUT2D eigenvalue weighted by Crippen LogP contribution is 2.24. The summed E-state index contributed by atoms with van der Waals surface area (Å²) in [6, 6.07) is 20.6. The number of rotatable bonds is 7. The SMILES string of the molecule is Nc1ccccc1NC(=O)C=Cc1ccc(C=C(C(=O)NC2CC2)c2ccc(F)cc2)cc1. The summed E-state index contributed by atoms with van der Waals surface area (Å²) in [5.74, 6) is -0.812. The molecule has 6 heteroatoms. The fourth-order valence-electron chi connectivity index (χ4n) is 3.23. The van der Waals surface area contributed by atoms with Crippen molar-refractivity contribution in [2.45, 2.75) is 18.9 Å². The van der Waals surface area contributed by atoms with Crippen LogP contribution in [0.5, 0.6) is 0 Å². The van der Waals surface area contributed by atoms with Crippen LogP contribution in [0.3, 0.4) is 0 Å². The Morgan fingerprint density at radius 3 is 2.24 bits per heavy atom. The van der Waals surface area contributed by atoms with E-state index in [4.69, 9.17) is 5.73 Å². The highest BCUT2D eigenvalue weighted by atomic mass is 19.1. The second-order valence-corrected chi connectivity index (χ2v) is 7.89. The molecule has 0 unspecified atom stereocenters. The van der Waals surface area contributed by atoms with Gasteiger partial charge in [0.2, 0.25) is 5.91 Å². The molecule has 0 bridgehead atoms. The topological polar surface area (TPSA) is 84.2 Å². The third-order valence-corrected chi connectivity index (χ3v) is 5.21. The molecule has 1 saturated carbocycles. The first-order valence-corrected chi connectivity index (χ1v) is 10.7. The fourth-order valence-corrected chi connectivity index (χ4v) is 3.23. The monoisotopic (exact) mass is 441 g/mol. The minimum absolute atomic E-state index is 0.176. The Kier molecular flexibility index (Phi) is 6.64. The maximum Gasteiger partial charge on any atom is 0.252 e. The maximum absolute atomic E-state index is 13.4. The molecule has 0 heterocycles. The average Bonchev–Trinajstić information content (AvgIpc) is 3.63. The highest BCUT2D eigenvalue weighted by Gasteiger charge is 2.25. The Morgan fingerprint density at radius 2 is 1.58 bits per heavy atom. The Morgan fingerprint density at radius 1 is 0.909 bits per heavy atom. The predicted octanol–water partition coefficient (Wildman–Crippen LogP) is 4.88. The van der Waals surface area contributed by atoms with Crippen molar-refractivity contribution in [3.05, 3.63) is 101 Å². The molecule has 2 amide bonds. The Hall–Kier alpha value is -4.19. The first kappa shape index (κ1) is 22.0. The quantitative estimate of drug-likeness (QED) is 0.278. The number of carbonyl (C=O) groups is 2. The molecule has 1 fully saturated rings. The molecule has 1 aliphatic rings. The van der Waals surface area contributed by atoms with E-state index in [0.717, 1.165) is 24.0 Å². The van der Waals surface area contributed by atoms with Gasteiger partial charge >= 0.3 is 0 Å². The fraction of sp³-hybridized carbons (Fsp3) is 0.111. The number of nitrogen functional groups attached to an aromatic ring is 1. The first-order chi connectivity index (χ1) is 16.0. The molecular formula is C27H24FN3O2. The number of carbonyl (C=O) groups excluding carboxylic acids is 2. The van der Waals surface area contributed by atoms with E-state index in [9.17, 15) is 14.0 Å². The number of anilines is 2. The number of amides is 2. The molecule has 0 aliphatic heterocycles. The Labute approximate surface area is 191 Å². The molecule has 166 valence electrons. The molecule has 4 N–H and O–H groups in total. The minimum Gasteiger partial charge on any atom is -0.397 e. The summed E-state index contributed by atoms with van der Waals surface area (Å²) >= 11 is 0. The van der Waals surface area contributed by atoms with Gasteiger partial charge in [-0.3, -0.25) is 9.59 Å². The van der Waals surface area contributed by atoms with Crippen molar-refractivity contribution >= 4 is 40.9 Å². The summed E-state index contributed by atoms with van der Waals surface area (Å²) in [4.78, 5) is 24.9. The summed E-state index contributed by atoms with van der Waals surface area (Å²) in [6.45, 7) is 0. The molecule has 0 atom stereocenters. The van der Waals surface area contributed by atoms with Crippen molar-refractivity contribution in [3.8, 4) is 0 Å². The van der Waals surface area contributed by atoms with Crippen molar-refractivity contribution < 1.29 is 14.0 Å². The van der Waals surface area contributed by atoms with Crippen molar-refractivity contribution in [2.24, 2.45) is 0 Å². The van der Waals surface area contributed by atoms with Gasteiger partial charge in [-0.25, -0.2) is 4.39 Å². The molecule has 33 heavy (non-hydrogen) atoms. The third kappa shape index (κ3) is 6.17. The number of para-hydroxylation sites is 2. The summed E-state index contributed by atoms with van der Waals surface area (Å²) in [5, 5.41) is 5.73. The standard InChI is InChI=1S/C27H24FN3O2/c28-21-12-10-20(11-13-21)23(27(33)30-22-14-15-22)17-19-7-5-18(6-8-19)9-16-26(32)31-25-4-2-1-3-24(25)29/h1-13,16-17,22H,14-15,29H2,(H,30,33)(H,31,32). The van der Waals surface area contributed by atoms with Gasteiger partial charge in [-0.15, -0.1) is 0 Å². The van der Waals surface area contributed by atoms with Crippen LogP contribution in [0, 0.1) is 5.82 Å². The second-order valence-electron chi connectivity index (χ2n) is 7.89. The van der Waals surface area contributed by atoms with E-state index < -0.39 is 0 Å². The Bertz CT molecular complexity index is 1210. The molecular weight excluding hydrogens is 417 g/mol. The second kappa shape index (κ2) is 9.96. The molecule has 4 rings (SSSR count). The first-order valence-electron chi connectivity index (χ1n) is 10.7. The van der Waals surface area contributed by atoms with Gasteiger partial charge in [-0.1, -0.05) is 48.5 Å². The van der Waals surface area contributed by atoms with E-state index in [0.29, 0.717) is 22.5 Å². The van der Waals surface area contributed by atoms with E-state index in [1.54, 1.807) is 48.6 Å². The van der Waals surface area contributed by atoms with Crippen LogP contribution in [0.2, 0.25) is 0 Å². The summed E-state index contributed by atoms with van der Waals surface area (Å²) in [7, 11) is 0. The maximum atomic E-state index is 13.4. The van der Waals surface area contributed by atoms with Crippen LogP contribution in [0.15, 0.2) is 78.9 Å². The van der Waals surface area contributed by atoms with Gasteiger partial charge in [0.15, 0.2) is 0 Å². The zero-order valence-electron chi connectivity index (χ0n) is 17.9. The van der Waals surface area contributed by atoms with Crippen LogP contribution < -0.4 is 16.4 Å². The minimum atomic E-state index is -0.351. The lowest BCUT2D eigenvalue weighted by Crippen LogP contribution is -2.26. The lowest BCUT2D eigenvalue weighted by atomic mass is 10.0. The average molecular weight is 442 g/mol. The van der Waals surface area contributed by atoms with Crippen LogP contribution in [0.25, 0.3) is 17.7 Å². The smallest absolute Gasteiger partial charge is 0.252 e. The predicted molar refractivity (Wildman–Crippen MR) is 130 cm³/mol. The van der Waals surface area contributed by atoms with Gasteiger partial charge < -0.3 is 16.4 Å². The van der Waals surface area contributed by atoms with E-state index in [-0.39, 0.29) is 23.7 Å². The Balaban J connectivity index is 1.48. The molecule has 0 radical (unpaired) electrons. The summed E-state index contributed by atoms with van der Waals surface area (Å²) < 4.78 is 13.4. The molecule has 1 aliphatic carbocycles. The van der Waals surface area contributed by atoms with Gasteiger partial charge in [-0.05, 0) is 65.9 Å². The molecule has 0 aromatic heterocycles.